The van der Waals surface area contributed by atoms with Crippen molar-refractivity contribution in [1.29, 1.82) is 0 Å². The van der Waals surface area contributed by atoms with Gasteiger partial charge in [0.05, 0.1) is 4.90 Å². The van der Waals surface area contributed by atoms with Crippen LogP contribution in [0.15, 0.2) is 65.8 Å². The zero-order valence-electron chi connectivity index (χ0n) is 17.0. The van der Waals surface area contributed by atoms with Crippen LogP contribution in [0, 0.1) is 0 Å². The molecule has 0 radical (unpaired) electrons. The van der Waals surface area contributed by atoms with Gasteiger partial charge < -0.3 is 5.32 Å². The summed E-state index contributed by atoms with van der Waals surface area (Å²) in [5.41, 5.74) is 1.73. The first kappa shape index (κ1) is 21.1. The Hall–Kier alpha value is -3.11. The van der Waals surface area contributed by atoms with Gasteiger partial charge in [-0.05, 0) is 52.9 Å². The number of rotatable bonds is 8. The van der Waals surface area contributed by atoms with Crippen molar-refractivity contribution in [2.45, 2.75) is 30.2 Å². The topological polar surface area (TPSA) is 110 Å². The zero-order valence-corrected chi connectivity index (χ0v) is 17.8. The number of amides is 1. The van der Waals surface area contributed by atoms with Crippen LogP contribution in [0.5, 0.6) is 0 Å². The molecule has 2 aromatic carbocycles. The van der Waals surface area contributed by atoms with E-state index in [0.717, 1.165) is 24.0 Å². The first-order chi connectivity index (χ1) is 15.1. The van der Waals surface area contributed by atoms with Crippen LogP contribution in [-0.4, -0.2) is 58.5 Å². The molecule has 10 heteroatoms. The lowest BCUT2D eigenvalue weighted by Gasteiger charge is -2.17. The molecule has 1 saturated heterocycles. The predicted molar refractivity (Wildman–Crippen MR) is 114 cm³/mol. The molecule has 1 amide bonds. The highest BCUT2D eigenvalue weighted by molar-refractivity contribution is 7.89. The Morgan fingerprint density at radius 1 is 1.03 bits per heavy atom. The average molecular weight is 441 g/mol. The van der Waals surface area contributed by atoms with Crippen molar-refractivity contribution in [1.82, 2.24) is 29.8 Å². The van der Waals surface area contributed by atoms with E-state index in [9.17, 15) is 13.2 Å². The Balaban J connectivity index is 1.37. The summed E-state index contributed by atoms with van der Waals surface area (Å²) < 4.78 is 28.2. The highest BCUT2D eigenvalue weighted by Crippen LogP contribution is 2.21. The number of carbonyl (C=O) groups excluding carboxylic acids is 1. The van der Waals surface area contributed by atoms with E-state index < -0.39 is 16.1 Å². The van der Waals surface area contributed by atoms with Crippen LogP contribution in [-0.2, 0) is 21.2 Å². The van der Waals surface area contributed by atoms with Crippen molar-refractivity contribution < 1.29 is 13.2 Å². The molecule has 0 saturated carbocycles. The molecule has 1 aromatic heterocycles. The molecule has 3 aromatic rings. The van der Waals surface area contributed by atoms with Crippen molar-refractivity contribution >= 4 is 15.9 Å². The quantitative estimate of drug-likeness (QED) is 0.567. The third-order valence-electron chi connectivity index (χ3n) is 5.33. The molecule has 4 rings (SSSR count). The smallest absolute Gasteiger partial charge is 0.249 e. The maximum atomic E-state index is 12.9. The minimum absolute atomic E-state index is 0.216. The molecular weight excluding hydrogens is 416 g/mol. The molecule has 162 valence electrons. The Kier molecular flexibility index (Phi) is 6.38. The second-order valence-electron chi connectivity index (χ2n) is 7.40. The highest BCUT2D eigenvalue weighted by Gasteiger charge is 2.27. The first-order valence-corrected chi connectivity index (χ1v) is 11.6. The summed E-state index contributed by atoms with van der Waals surface area (Å²) in [7, 11) is -3.41. The Morgan fingerprint density at radius 2 is 1.74 bits per heavy atom. The van der Waals surface area contributed by atoms with E-state index in [1.807, 2.05) is 30.3 Å². The standard InChI is InChI=1S/C21H24N6O3S/c28-21(20(27-16-23-24-25-27)18-6-2-1-3-7-18)22-13-12-17-8-10-19(11-9-17)31(29,30)26-14-4-5-15-26/h1-3,6-11,16,20H,4-5,12-15H2,(H,22,28)/t20-/m1/s1. The summed E-state index contributed by atoms with van der Waals surface area (Å²) in [5, 5.41) is 14.1. The SMILES string of the molecule is O=C(NCCc1ccc(S(=O)(=O)N2CCCC2)cc1)[C@@H](c1ccccc1)n1cnnn1. The van der Waals surface area contributed by atoms with Gasteiger partial charge >= 0.3 is 0 Å². The Bertz CT molecular complexity index is 1100. The van der Waals surface area contributed by atoms with E-state index in [2.05, 4.69) is 20.8 Å². The normalized spacial score (nSPS) is 15.6. The maximum Gasteiger partial charge on any atom is 0.249 e. The van der Waals surface area contributed by atoms with Gasteiger partial charge in [0, 0.05) is 19.6 Å². The summed E-state index contributed by atoms with van der Waals surface area (Å²) >= 11 is 0. The van der Waals surface area contributed by atoms with Crippen LogP contribution in [0.1, 0.15) is 30.0 Å². The molecule has 0 aliphatic carbocycles. The molecule has 0 spiro atoms. The molecule has 1 N–H and O–H groups in total. The molecular formula is C21H24N6O3S. The number of nitrogens with one attached hydrogen (secondary N) is 1. The number of hydrogen-bond donors (Lipinski definition) is 1. The van der Waals surface area contributed by atoms with E-state index in [1.54, 1.807) is 24.3 Å². The molecule has 1 aliphatic heterocycles. The number of carbonyl (C=O) groups is 1. The lowest BCUT2D eigenvalue weighted by molar-refractivity contribution is -0.123. The minimum atomic E-state index is -3.41. The number of benzene rings is 2. The number of hydrogen-bond acceptors (Lipinski definition) is 6. The first-order valence-electron chi connectivity index (χ1n) is 10.2. The van der Waals surface area contributed by atoms with Crippen molar-refractivity contribution in [3.05, 3.63) is 72.1 Å². The van der Waals surface area contributed by atoms with E-state index >= 15 is 0 Å². The van der Waals surface area contributed by atoms with Gasteiger partial charge in [-0.3, -0.25) is 4.79 Å². The fourth-order valence-electron chi connectivity index (χ4n) is 3.68. The van der Waals surface area contributed by atoms with E-state index in [-0.39, 0.29) is 5.91 Å². The molecule has 1 aliphatic rings. The third-order valence-corrected chi connectivity index (χ3v) is 7.24. The van der Waals surface area contributed by atoms with Crippen LogP contribution < -0.4 is 5.32 Å². The van der Waals surface area contributed by atoms with Crippen LogP contribution in [0.2, 0.25) is 0 Å². The number of tetrazole rings is 1. The molecule has 0 unspecified atom stereocenters. The zero-order chi connectivity index (χ0) is 21.7. The molecule has 1 fully saturated rings. The molecule has 0 bridgehead atoms. The number of nitrogens with zero attached hydrogens (tertiary/aromatic N) is 5. The fourth-order valence-corrected chi connectivity index (χ4v) is 5.20. The maximum absolute atomic E-state index is 12.9. The third kappa shape index (κ3) is 4.80. The van der Waals surface area contributed by atoms with E-state index in [4.69, 9.17) is 0 Å². The average Bonchev–Trinajstić information content (AvgIpc) is 3.50. The monoisotopic (exact) mass is 440 g/mol. The van der Waals surface area contributed by atoms with Gasteiger partial charge in [0.15, 0.2) is 6.04 Å². The lowest BCUT2D eigenvalue weighted by atomic mass is 10.1. The summed E-state index contributed by atoms with van der Waals surface area (Å²) in [6.07, 6.45) is 3.81. The minimum Gasteiger partial charge on any atom is -0.354 e. The van der Waals surface area contributed by atoms with Crippen LogP contribution in [0.25, 0.3) is 0 Å². The Labute approximate surface area is 181 Å². The van der Waals surface area contributed by atoms with Gasteiger partial charge in [0.1, 0.15) is 6.33 Å². The van der Waals surface area contributed by atoms with Crippen molar-refractivity contribution in [2.24, 2.45) is 0 Å². The Morgan fingerprint density at radius 3 is 2.39 bits per heavy atom. The summed E-state index contributed by atoms with van der Waals surface area (Å²) in [5.74, 6) is -0.216. The van der Waals surface area contributed by atoms with E-state index in [1.165, 1.54) is 15.3 Å². The molecule has 2 heterocycles. The van der Waals surface area contributed by atoms with Crippen molar-refractivity contribution in [3.8, 4) is 0 Å². The van der Waals surface area contributed by atoms with Gasteiger partial charge in [-0.1, -0.05) is 42.5 Å². The van der Waals surface area contributed by atoms with Gasteiger partial charge in [0.25, 0.3) is 0 Å². The van der Waals surface area contributed by atoms with Gasteiger partial charge in [0.2, 0.25) is 15.9 Å². The van der Waals surface area contributed by atoms with Crippen LogP contribution >= 0.6 is 0 Å². The van der Waals surface area contributed by atoms with Gasteiger partial charge in [-0.15, -0.1) is 5.10 Å². The van der Waals surface area contributed by atoms with Crippen molar-refractivity contribution in [2.75, 3.05) is 19.6 Å². The summed E-state index contributed by atoms with van der Waals surface area (Å²) in [4.78, 5) is 13.2. The number of sulfonamides is 1. The predicted octanol–water partition coefficient (Wildman–Crippen LogP) is 1.41. The van der Waals surface area contributed by atoms with Crippen molar-refractivity contribution in [3.63, 3.8) is 0 Å². The fraction of sp³-hybridized carbons (Fsp3) is 0.333. The number of aromatic nitrogens is 4. The van der Waals surface area contributed by atoms with Gasteiger partial charge in [-0.25, -0.2) is 13.1 Å². The lowest BCUT2D eigenvalue weighted by Crippen LogP contribution is -2.34. The molecule has 31 heavy (non-hydrogen) atoms. The summed E-state index contributed by atoms with van der Waals surface area (Å²) in [6.45, 7) is 1.57. The van der Waals surface area contributed by atoms with Crippen LogP contribution in [0.3, 0.4) is 0 Å². The largest absolute Gasteiger partial charge is 0.354 e. The second kappa shape index (κ2) is 9.36. The summed E-state index contributed by atoms with van der Waals surface area (Å²) in [6, 6.07) is 15.5. The molecule has 9 nitrogen and oxygen atoms in total. The second-order valence-corrected chi connectivity index (χ2v) is 9.34. The molecule has 1 atom stereocenters. The van der Waals surface area contributed by atoms with Gasteiger partial charge in [-0.2, -0.15) is 4.31 Å². The van der Waals surface area contributed by atoms with E-state index in [0.29, 0.717) is 31.0 Å². The van der Waals surface area contributed by atoms with Crippen LogP contribution in [0.4, 0.5) is 0 Å². The highest BCUT2D eigenvalue weighted by atomic mass is 32.2.